The van der Waals surface area contributed by atoms with Crippen molar-refractivity contribution >= 4 is 23.5 Å². The van der Waals surface area contributed by atoms with E-state index in [-0.39, 0.29) is 11.9 Å². The van der Waals surface area contributed by atoms with Crippen LogP contribution in [0.25, 0.3) is 0 Å². The zero-order valence-electron chi connectivity index (χ0n) is 12.6. The first-order chi connectivity index (χ1) is 11.1. The summed E-state index contributed by atoms with van der Waals surface area (Å²) in [7, 11) is 0. The highest BCUT2D eigenvalue weighted by atomic mass is 35.5. The maximum atomic E-state index is 12.5. The molecule has 6 nitrogen and oxygen atoms in total. The smallest absolute Gasteiger partial charge is 0.337 e. The summed E-state index contributed by atoms with van der Waals surface area (Å²) in [5, 5.41) is 4.36. The lowest BCUT2D eigenvalue weighted by Gasteiger charge is -2.22. The molecule has 3 rings (SSSR count). The molecule has 1 aromatic heterocycles. The second-order valence-corrected chi connectivity index (χ2v) is 5.82. The highest BCUT2D eigenvalue weighted by Crippen LogP contribution is 2.11. The Hall–Kier alpha value is -2.34. The predicted octanol–water partition coefficient (Wildman–Crippen LogP) is 2.35. The summed E-state index contributed by atoms with van der Waals surface area (Å²) < 4.78 is 1.23. The molecular weight excluding hydrogens is 316 g/mol. The average molecular weight is 333 g/mol. The van der Waals surface area contributed by atoms with Gasteiger partial charge in [0.2, 0.25) is 0 Å². The van der Waals surface area contributed by atoms with Crippen molar-refractivity contribution in [3.8, 4) is 0 Å². The Balaban J connectivity index is 1.65. The maximum Gasteiger partial charge on any atom is 0.344 e. The summed E-state index contributed by atoms with van der Waals surface area (Å²) in [5.74, 6) is 0.00188. The predicted molar refractivity (Wildman–Crippen MR) is 86.6 cm³/mol. The molecule has 0 atom stereocenters. The molecule has 0 saturated carbocycles. The van der Waals surface area contributed by atoms with Gasteiger partial charge < -0.3 is 9.80 Å². The molecule has 2 heterocycles. The van der Waals surface area contributed by atoms with Crippen molar-refractivity contribution in [3.05, 3.63) is 53.3 Å². The van der Waals surface area contributed by atoms with E-state index in [4.69, 9.17) is 11.6 Å². The van der Waals surface area contributed by atoms with Crippen LogP contribution >= 0.6 is 11.6 Å². The Bertz CT molecular complexity index is 701. The fourth-order valence-corrected chi connectivity index (χ4v) is 2.76. The Morgan fingerprint density at radius 1 is 1.00 bits per heavy atom. The fraction of sp³-hybridized carbons (Fsp3) is 0.312. The van der Waals surface area contributed by atoms with Crippen molar-refractivity contribution < 1.29 is 9.59 Å². The number of halogens is 1. The Labute approximate surface area is 139 Å². The third-order valence-electron chi connectivity index (χ3n) is 3.82. The van der Waals surface area contributed by atoms with Crippen molar-refractivity contribution in [2.75, 3.05) is 26.2 Å². The molecule has 0 N–H and O–H groups in total. The van der Waals surface area contributed by atoms with Crippen LogP contribution in [0.1, 0.15) is 16.8 Å². The number of hydrogen-bond donors (Lipinski definition) is 0. The van der Waals surface area contributed by atoms with Crippen LogP contribution in [-0.2, 0) is 0 Å². The topological polar surface area (TPSA) is 58.4 Å². The molecule has 0 spiro atoms. The van der Waals surface area contributed by atoms with Gasteiger partial charge in [-0.2, -0.15) is 9.78 Å². The van der Waals surface area contributed by atoms with Crippen LogP contribution in [0.5, 0.6) is 0 Å². The second kappa shape index (κ2) is 6.83. The molecule has 7 heteroatoms. The van der Waals surface area contributed by atoms with Gasteiger partial charge in [0, 0.05) is 31.7 Å². The van der Waals surface area contributed by atoms with Gasteiger partial charge in [-0.3, -0.25) is 4.79 Å². The van der Waals surface area contributed by atoms with Crippen LogP contribution in [0.3, 0.4) is 0 Å². The summed E-state index contributed by atoms with van der Waals surface area (Å²) in [5.41, 5.74) is 0.672. The summed E-state index contributed by atoms with van der Waals surface area (Å²) >= 11 is 5.80. The number of aromatic nitrogens is 2. The van der Waals surface area contributed by atoms with Crippen molar-refractivity contribution in [1.29, 1.82) is 0 Å². The molecule has 2 aromatic rings. The molecule has 0 radical (unpaired) electrons. The minimum absolute atomic E-state index is 0.00188. The molecule has 1 aliphatic rings. The lowest BCUT2D eigenvalue weighted by atomic mass is 10.2. The molecule has 1 aliphatic heterocycles. The largest absolute Gasteiger partial charge is 0.344 e. The van der Waals surface area contributed by atoms with Crippen molar-refractivity contribution in [1.82, 2.24) is 19.6 Å². The number of hydrogen-bond acceptors (Lipinski definition) is 3. The standard InChI is InChI=1S/C16H17ClN4O2/c17-14-11-18-21(12-14)16(23)20-8-4-7-19(9-10-20)15(22)13-5-2-1-3-6-13/h1-3,5-6,11-12H,4,7-10H2. The summed E-state index contributed by atoms with van der Waals surface area (Å²) in [6.45, 7) is 2.22. The van der Waals surface area contributed by atoms with Gasteiger partial charge in [0.25, 0.3) is 5.91 Å². The molecule has 1 fully saturated rings. The second-order valence-electron chi connectivity index (χ2n) is 5.38. The van der Waals surface area contributed by atoms with E-state index in [1.54, 1.807) is 9.80 Å². The summed E-state index contributed by atoms with van der Waals surface area (Å²) in [6, 6.07) is 8.98. The van der Waals surface area contributed by atoms with Crippen molar-refractivity contribution in [2.45, 2.75) is 6.42 Å². The number of amides is 2. The maximum absolute atomic E-state index is 12.5. The van der Waals surface area contributed by atoms with Gasteiger partial charge in [-0.05, 0) is 18.6 Å². The quantitative estimate of drug-likeness (QED) is 0.805. The van der Waals surface area contributed by atoms with Crippen molar-refractivity contribution in [3.63, 3.8) is 0 Å². The fourth-order valence-electron chi connectivity index (χ4n) is 2.63. The molecule has 120 valence electrons. The number of carbonyl (C=O) groups excluding carboxylic acids is 2. The average Bonchev–Trinajstić information content (AvgIpc) is 2.87. The third kappa shape index (κ3) is 3.53. The van der Waals surface area contributed by atoms with Gasteiger partial charge in [-0.1, -0.05) is 29.8 Å². The van der Waals surface area contributed by atoms with E-state index in [0.717, 1.165) is 6.42 Å². The molecule has 0 aliphatic carbocycles. The Kier molecular flexibility index (Phi) is 4.62. The molecular formula is C16H17ClN4O2. The van der Waals surface area contributed by atoms with Gasteiger partial charge in [-0.15, -0.1) is 0 Å². The van der Waals surface area contributed by atoms with E-state index in [9.17, 15) is 9.59 Å². The van der Waals surface area contributed by atoms with E-state index in [1.807, 2.05) is 30.3 Å². The molecule has 1 aromatic carbocycles. The number of nitrogens with zero attached hydrogens (tertiary/aromatic N) is 4. The van der Waals surface area contributed by atoms with Crippen LogP contribution < -0.4 is 0 Å². The van der Waals surface area contributed by atoms with Crippen LogP contribution in [0.4, 0.5) is 4.79 Å². The number of carbonyl (C=O) groups is 2. The van der Waals surface area contributed by atoms with Crippen LogP contribution in [0.2, 0.25) is 5.02 Å². The van der Waals surface area contributed by atoms with E-state index in [0.29, 0.717) is 36.8 Å². The molecule has 1 saturated heterocycles. The molecule has 0 bridgehead atoms. The SMILES string of the molecule is O=C(c1ccccc1)N1CCCN(C(=O)n2cc(Cl)cn2)CC1. The Morgan fingerprint density at radius 2 is 1.70 bits per heavy atom. The summed E-state index contributed by atoms with van der Waals surface area (Å²) in [4.78, 5) is 28.4. The van der Waals surface area contributed by atoms with Gasteiger partial charge in [0.1, 0.15) is 0 Å². The summed E-state index contributed by atoms with van der Waals surface area (Å²) in [6.07, 6.45) is 3.66. The first kappa shape index (κ1) is 15.6. The monoisotopic (exact) mass is 332 g/mol. The highest BCUT2D eigenvalue weighted by molar-refractivity contribution is 6.30. The van der Waals surface area contributed by atoms with E-state index in [1.165, 1.54) is 17.1 Å². The molecule has 23 heavy (non-hydrogen) atoms. The van der Waals surface area contributed by atoms with E-state index >= 15 is 0 Å². The normalized spacial score (nSPS) is 15.3. The minimum Gasteiger partial charge on any atom is -0.337 e. The number of rotatable bonds is 1. The minimum atomic E-state index is -0.217. The lowest BCUT2D eigenvalue weighted by molar-refractivity contribution is 0.0762. The lowest BCUT2D eigenvalue weighted by Crippen LogP contribution is -2.39. The molecule has 2 amide bonds. The van der Waals surface area contributed by atoms with Gasteiger partial charge in [0.05, 0.1) is 17.4 Å². The first-order valence-electron chi connectivity index (χ1n) is 7.49. The van der Waals surface area contributed by atoms with E-state index in [2.05, 4.69) is 5.10 Å². The van der Waals surface area contributed by atoms with E-state index < -0.39 is 0 Å². The van der Waals surface area contributed by atoms with Gasteiger partial charge in [-0.25, -0.2) is 4.79 Å². The van der Waals surface area contributed by atoms with Crippen LogP contribution in [0.15, 0.2) is 42.7 Å². The van der Waals surface area contributed by atoms with Crippen LogP contribution in [0, 0.1) is 0 Å². The highest BCUT2D eigenvalue weighted by Gasteiger charge is 2.23. The van der Waals surface area contributed by atoms with Crippen LogP contribution in [-0.4, -0.2) is 57.7 Å². The van der Waals surface area contributed by atoms with Gasteiger partial charge in [0.15, 0.2) is 0 Å². The Morgan fingerprint density at radius 3 is 2.39 bits per heavy atom. The third-order valence-corrected chi connectivity index (χ3v) is 4.02. The first-order valence-corrected chi connectivity index (χ1v) is 7.87. The zero-order valence-corrected chi connectivity index (χ0v) is 13.3. The number of benzene rings is 1. The van der Waals surface area contributed by atoms with Gasteiger partial charge >= 0.3 is 6.03 Å². The molecule has 0 unspecified atom stereocenters. The van der Waals surface area contributed by atoms with Crippen molar-refractivity contribution in [2.24, 2.45) is 0 Å². The zero-order chi connectivity index (χ0) is 16.2.